The van der Waals surface area contributed by atoms with E-state index in [9.17, 15) is 13.2 Å². The number of carbonyl (C=O) groups is 1. The van der Waals surface area contributed by atoms with Crippen molar-refractivity contribution in [3.8, 4) is 5.75 Å². The van der Waals surface area contributed by atoms with Crippen LogP contribution in [0, 0.1) is 0 Å². The zero-order valence-corrected chi connectivity index (χ0v) is 20.0. The van der Waals surface area contributed by atoms with Gasteiger partial charge in [0.1, 0.15) is 12.3 Å². The summed E-state index contributed by atoms with van der Waals surface area (Å²) < 4.78 is 33.7. The first-order valence-electron chi connectivity index (χ1n) is 11.4. The highest BCUT2D eigenvalue weighted by molar-refractivity contribution is 7.92. The summed E-state index contributed by atoms with van der Waals surface area (Å²) in [6.07, 6.45) is 0. The molecule has 4 rings (SSSR count). The van der Waals surface area contributed by atoms with Gasteiger partial charge < -0.3 is 14.5 Å². The van der Waals surface area contributed by atoms with E-state index in [4.69, 9.17) is 4.74 Å². The van der Waals surface area contributed by atoms with Crippen LogP contribution in [-0.4, -0.2) is 58.6 Å². The number of sulfonamides is 1. The van der Waals surface area contributed by atoms with Gasteiger partial charge in [-0.15, -0.1) is 0 Å². The van der Waals surface area contributed by atoms with Crippen molar-refractivity contribution in [2.45, 2.75) is 11.8 Å². The Morgan fingerprint density at radius 2 is 1.44 bits per heavy atom. The molecule has 178 valence electrons. The molecule has 0 bridgehead atoms. The van der Waals surface area contributed by atoms with Crippen LogP contribution >= 0.6 is 0 Å². The minimum absolute atomic E-state index is 0.113. The number of para-hydroxylation sites is 2. The monoisotopic (exact) mass is 479 g/mol. The Morgan fingerprint density at radius 1 is 0.853 bits per heavy atom. The van der Waals surface area contributed by atoms with Crippen LogP contribution in [0.5, 0.6) is 5.75 Å². The average molecular weight is 480 g/mol. The van der Waals surface area contributed by atoms with Gasteiger partial charge >= 0.3 is 0 Å². The Labute approximate surface area is 201 Å². The third kappa shape index (κ3) is 5.34. The molecule has 0 aliphatic carbocycles. The Balaban J connectivity index is 1.51. The highest BCUT2D eigenvalue weighted by atomic mass is 32.2. The van der Waals surface area contributed by atoms with Gasteiger partial charge in [0.25, 0.3) is 10.0 Å². The van der Waals surface area contributed by atoms with Gasteiger partial charge in [0, 0.05) is 31.9 Å². The van der Waals surface area contributed by atoms with Crippen molar-refractivity contribution in [1.29, 1.82) is 0 Å². The van der Waals surface area contributed by atoms with Crippen molar-refractivity contribution < 1.29 is 17.9 Å². The first kappa shape index (κ1) is 23.6. The van der Waals surface area contributed by atoms with E-state index in [1.807, 2.05) is 31.2 Å². The Hall–Kier alpha value is -3.52. The number of hydrogen-bond acceptors (Lipinski definition) is 5. The van der Waals surface area contributed by atoms with E-state index >= 15 is 0 Å². The third-order valence-electron chi connectivity index (χ3n) is 5.80. The molecule has 34 heavy (non-hydrogen) atoms. The lowest BCUT2D eigenvalue weighted by Crippen LogP contribution is -2.52. The molecule has 0 radical (unpaired) electrons. The van der Waals surface area contributed by atoms with E-state index in [0.29, 0.717) is 44.2 Å². The average Bonchev–Trinajstić information content (AvgIpc) is 2.89. The number of hydrogen-bond donors (Lipinski definition) is 0. The molecule has 1 amide bonds. The van der Waals surface area contributed by atoms with Gasteiger partial charge in [-0.3, -0.25) is 9.10 Å². The number of ether oxygens (including phenoxy) is 1. The number of anilines is 2. The van der Waals surface area contributed by atoms with Crippen LogP contribution in [0.3, 0.4) is 0 Å². The molecule has 7 nitrogen and oxygen atoms in total. The Morgan fingerprint density at radius 3 is 2.03 bits per heavy atom. The predicted octanol–water partition coefficient (Wildman–Crippen LogP) is 3.63. The lowest BCUT2D eigenvalue weighted by molar-refractivity contribution is -0.129. The molecule has 0 atom stereocenters. The fourth-order valence-corrected chi connectivity index (χ4v) is 5.40. The van der Waals surface area contributed by atoms with Gasteiger partial charge in [0.15, 0.2) is 0 Å². The molecule has 1 fully saturated rings. The predicted molar refractivity (Wildman–Crippen MR) is 134 cm³/mol. The van der Waals surface area contributed by atoms with Gasteiger partial charge in [0.05, 0.1) is 17.2 Å². The van der Waals surface area contributed by atoms with E-state index in [1.165, 1.54) is 16.4 Å². The normalized spacial score (nSPS) is 14.0. The molecule has 1 aliphatic rings. The third-order valence-corrected chi connectivity index (χ3v) is 7.59. The van der Waals surface area contributed by atoms with E-state index in [-0.39, 0.29) is 17.3 Å². The molecule has 3 aromatic carbocycles. The molecule has 1 saturated heterocycles. The molecule has 0 aromatic heterocycles. The first-order valence-corrected chi connectivity index (χ1v) is 12.8. The van der Waals surface area contributed by atoms with Gasteiger partial charge in [0.2, 0.25) is 5.91 Å². The number of amides is 1. The molecule has 0 unspecified atom stereocenters. The fourth-order valence-electron chi connectivity index (χ4n) is 3.99. The fraction of sp³-hybridized carbons (Fsp3) is 0.269. The Kier molecular flexibility index (Phi) is 7.37. The number of nitrogens with zero attached hydrogens (tertiary/aromatic N) is 3. The second kappa shape index (κ2) is 10.6. The largest absolute Gasteiger partial charge is 0.494 e. The smallest absolute Gasteiger partial charge is 0.264 e. The second-order valence-electron chi connectivity index (χ2n) is 7.96. The number of rotatable bonds is 8. The van der Waals surface area contributed by atoms with Crippen molar-refractivity contribution in [2.75, 3.05) is 48.5 Å². The summed E-state index contributed by atoms with van der Waals surface area (Å²) >= 11 is 0. The van der Waals surface area contributed by atoms with Gasteiger partial charge in [-0.05, 0) is 55.5 Å². The molecular formula is C26H29N3O4S. The van der Waals surface area contributed by atoms with Crippen LogP contribution in [0.25, 0.3) is 0 Å². The first-order chi connectivity index (χ1) is 16.5. The number of piperazine rings is 1. The van der Waals surface area contributed by atoms with Crippen LogP contribution in [-0.2, 0) is 14.8 Å². The van der Waals surface area contributed by atoms with Gasteiger partial charge in [-0.1, -0.05) is 36.4 Å². The van der Waals surface area contributed by atoms with Crippen LogP contribution in [0.2, 0.25) is 0 Å². The van der Waals surface area contributed by atoms with E-state index in [1.54, 1.807) is 41.3 Å². The number of carbonyl (C=O) groups excluding carboxylic acids is 1. The summed E-state index contributed by atoms with van der Waals surface area (Å²) in [5.74, 6) is 0.381. The molecule has 0 saturated carbocycles. The summed E-state index contributed by atoms with van der Waals surface area (Å²) in [4.78, 5) is 17.3. The highest BCUT2D eigenvalue weighted by Gasteiger charge is 2.30. The minimum Gasteiger partial charge on any atom is -0.494 e. The topological polar surface area (TPSA) is 70.2 Å². The summed E-state index contributed by atoms with van der Waals surface area (Å²) in [5.41, 5.74) is 1.58. The second-order valence-corrected chi connectivity index (χ2v) is 9.82. The highest BCUT2D eigenvalue weighted by Crippen LogP contribution is 2.25. The van der Waals surface area contributed by atoms with Crippen molar-refractivity contribution in [2.24, 2.45) is 0 Å². The van der Waals surface area contributed by atoms with Crippen LogP contribution in [0.1, 0.15) is 6.92 Å². The lowest BCUT2D eigenvalue weighted by Gasteiger charge is -2.37. The van der Waals surface area contributed by atoms with Crippen molar-refractivity contribution >= 4 is 27.3 Å². The molecule has 1 heterocycles. The molecular weight excluding hydrogens is 450 g/mol. The maximum absolute atomic E-state index is 13.6. The van der Waals surface area contributed by atoms with Crippen LogP contribution < -0.4 is 13.9 Å². The van der Waals surface area contributed by atoms with E-state index in [0.717, 1.165) is 5.69 Å². The van der Waals surface area contributed by atoms with Gasteiger partial charge in [-0.2, -0.15) is 0 Å². The van der Waals surface area contributed by atoms with Crippen molar-refractivity contribution in [3.05, 3.63) is 84.9 Å². The summed E-state index contributed by atoms with van der Waals surface area (Å²) in [5, 5.41) is 0. The summed E-state index contributed by atoms with van der Waals surface area (Å²) in [6, 6.07) is 25.1. The molecule has 0 spiro atoms. The minimum atomic E-state index is -3.95. The standard InChI is InChI=1S/C26H29N3O4S/c1-2-33-24-13-15-25(16-14-24)34(31,32)29(23-11-7-4-8-12-23)21-26(30)28-19-17-27(18-20-28)22-9-5-3-6-10-22/h3-16H,2,17-21H2,1H3. The van der Waals surface area contributed by atoms with Gasteiger partial charge in [-0.25, -0.2) is 8.42 Å². The Bertz CT molecular complexity index is 1180. The quantitative estimate of drug-likeness (QED) is 0.494. The lowest BCUT2D eigenvalue weighted by atomic mass is 10.2. The number of benzene rings is 3. The van der Waals surface area contributed by atoms with Crippen LogP contribution in [0.15, 0.2) is 89.8 Å². The summed E-state index contributed by atoms with van der Waals surface area (Å²) in [6.45, 7) is 4.59. The zero-order chi connectivity index (χ0) is 24.0. The summed E-state index contributed by atoms with van der Waals surface area (Å²) in [7, 11) is -3.95. The van der Waals surface area contributed by atoms with Crippen LogP contribution in [0.4, 0.5) is 11.4 Å². The molecule has 3 aromatic rings. The van der Waals surface area contributed by atoms with Crippen molar-refractivity contribution in [1.82, 2.24) is 4.90 Å². The SMILES string of the molecule is CCOc1ccc(S(=O)(=O)N(CC(=O)N2CCN(c3ccccc3)CC2)c2ccccc2)cc1. The molecule has 0 N–H and O–H groups in total. The maximum atomic E-state index is 13.6. The van der Waals surface area contributed by atoms with Crippen molar-refractivity contribution in [3.63, 3.8) is 0 Å². The maximum Gasteiger partial charge on any atom is 0.264 e. The van der Waals surface area contributed by atoms with E-state index < -0.39 is 10.0 Å². The molecule has 8 heteroatoms. The zero-order valence-electron chi connectivity index (χ0n) is 19.2. The van der Waals surface area contributed by atoms with E-state index in [2.05, 4.69) is 17.0 Å². The molecule has 1 aliphatic heterocycles.